The van der Waals surface area contributed by atoms with Crippen LogP contribution >= 0.6 is 0 Å². The predicted molar refractivity (Wildman–Crippen MR) is 94.7 cm³/mol. The molecule has 0 aromatic heterocycles. The molecule has 0 bridgehead atoms. The molecular formula is C17H33F3N4O. The Kier molecular flexibility index (Phi) is 9.56. The van der Waals surface area contributed by atoms with E-state index in [-0.39, 0.29) is 6.61 Å². The van der Waals surface area contributed by atoms with Crippen LogP contribution in [-0.4, -0.2) is 79.0 Å². The van der Waals surface area contributed by atoms with Crippen LogP contribution in [0.1, 0.15) is 40.0 Å². The molecule has 0 aliphatic carbocycles. The SMILES string of the molecule is CCCC(CCO)CN=C(NCC)N1CCN(C(C)C(F)(F)F)CC1. The van der Waals surface area contributed by atoms with Gasteiger partial charge in [0.1, 0.15) is 6.04 Å². The Labute approximate surface area is 149 Å². The van der Waals surface area contributed by atoms with E-state index in [4.69, 9.17) is 5.11 Å². The molecule has 1 aliphatic heterocycles. The minimum Gasteiger partial charge on any atom is -0.396 e. The molecule has 0 aromatic carbocycles. The Morgan fingerprint density at radius 3 is 2.28 bits per heavy atom. The first kappa shape index (κ1) is 22.0. The number of halogens is 3. The van der Waals surface area contributed by atoms with Gasteiger partial charge in [0.2, 0.25) is 0 Å². The third-order valence-corrected chi connectivity index (χ3v) is 4.70. The fraction of sp³-hybridized carbons (Fsp3) is 0.941. The number of guanidine groups is 1. The van der Waals surface area contributed by atoms with Crippen LogP contribution in [0.2, 0.25) is 0 Å². The molecule has 2 atom stereocenters. The molecule has 8 heteroatoms. The molecule has 0 radical (unpaired) electrons. The zero-order valence-corrected chi connectivity index (χ0v) is 15.6. The van der Waals surface area contributed by atoms with E-state index in [0.29, 0.717) is 38.6 Å². The average Bonchev–Trinajstić information content (AvgIpc) is 2.57. The Bertz CT molecular complexity index is 390. The van der Waals surface area contributed by atoms with Gasteiger partial charge < -0.3 is 15.3 Å². The summed E-state index contributed by atoms with van der Waals surface area (Å²) in [6.07, 6.45) is -1.39. The maximum absolute atomic E-state index is 12.9. The number of hydrogen-bond donors (Lipinski definition) is 2. The molecule has 2 N–H and O–H groups in total. The molecule has 148 valence electrons. The van der Waals surface area contributed by atoms with Crippen LogP contribution in [0.25, 0.3) is 0 Å². The van der Waals surface area contributed by atoms with Crippen molar-refractivity contribution in [3.05, 3.63) is 0 Å². The minimum absolute atomic E-state index is 0.157. The zero-order chi connectivity index (χ0) is 18.9. The van der Waals surface area contributed by atoms with Crippen molar-refractivity contribution < 1.29 is 18.3 Å². The molecule has 1 aliphatic rings. The number of hydrogen-bond acceptors (Lipinski definition) is 3. The van der Waals surface area contributed by atoms with Gasteiger partial charge in [-0.05, 0) is 32.6 Å². The van der Waals surface area contributed by atoms with Crippen LogP contribution in [0.4, 0.5) is 13.2 Å². The van der Waals surface area contributed by atoms with E-state index in [0.717, 1.165) is 31.8 Å². The summed E-state index contributed by atoms with van der Waals surface area (Å²) in [4.78, 5) is 8.18. The monoisotopic (exact) mass is 366 g/mol. The molecule has 1 saturated heterocycles. The highest BCUT2D eigenvalue weighted by atomic mass is 19.4. The summed E-state index contributed by atoms with van der Waals surface area (Å²) in [5.41, 5.74) is 0. The molecule has 0 spiro atoms. The zero-order valence-electron chi connectivity index (χ0n) is 15.6. The van der Waals surface area contributed by atoms with Crippen molar-refractivity contribution in [2.45, 2.75) is 52.3 Å². The largest absolute Gasteiger partial charge is 0.403 e. The van der Waals surface area contributed by atoms with Gasteiger partial charge in [0.25, 0.3) is 0 Å². The summed E-state index contributed by atoms with van der Waals surface area (Å²) in [7, 11) is 0. The minimum atomic E-state index is -4.18. The second-order valence-electron chi connectivity index (χ2n) is 6.60. The van der Waals surface area contributed by atoms with Gasteiger partial charge in [-0.25, -0.2) is 0 Å². The van der Waals surface area contributed by atoms with E-state index in [2.05, 4.69) is 17.2 Å². The molecule has 25 heavy (non-hydrogen) atoms. The maximum atomic E-state index is 12.9. The fourth-order valence-corrected chi connectivity index (χ4v) is 3.09. The first-order valence-corrected chi connectivity index (χ1v) is 9.28. The van der Waals surface area contributed by atoms with E-state index in [1.54, 1.807) is 0 Å². The second kappa shape index (κ2) is 10.9. The van der Waals surface area contributed by atoms with Crippen molar-refractivity contribution in [3.8, 4) is 0 Å². The Morgan fingerprint density at radius 2 is 1.80 bits per heavy atom. The number of piperazine rings is 1. The Balaban J connectivity index is 2.64. The lowest BCUT2D eigenvalue weighted by Crippen LogP contribution is -2.56. The van der Waals surface area contributed by atoms with Gasteiger partial charge in [0, 0.05) is 45.9 Å². The first-order chi connectivity index (χ1) is 11.8. The number of aliphatic hydroxyl groups is 1. The van der Waals surface area contributed by atoms with Gasteiger partial charge in [-0.1, -0.05) is 13.3 Å². The summed E-state index contributed by atoms with van der Waals surface area (Å²) >= 11 is 0. The Morgan fingerprint density at radius 1 is 1.16 bits per heavy atom. The number of alkyl halides is 3. The van der Waals surface area contributed by atoms with Gasteiger partial charge in [0.15, 0.2) is 5.96 Å². The van der Waals surface area contributed by atoms with Gasteiger partial charge >= 0.3 is 6.18 Å². The summed E-state index contributed by atoms with van der Waals surface area (Å²) in [5.74, 6) is 1.11. The third-order valence-electron chi connectivity index (χ3n) is 4.70. The molecule has 0 aromatic rings. The lowest BCUT2D eigenvalue weighted by molar-refractivity contribution is -0.181. The highest BCUT2D eigenvalue weighted by molar-refractivity contribution is 5.80. The summed E-state index contributed by atoms with van der Waals surface area (Å²) in [6.45, 7) is 8.64. The highest BCUT2D eigenvalue weighted by Crippen LogP contribution is 2.25. The van der Waals surface area contributed by atoms with Crippen LogP contribution < -0.4 is 5.32 Å². The van der Waals surface area contributed by atoms with Crippen molar-refractivity contribution in [2.75, 3.05) is 45.9 Å². The van der Waals surface area contributed by atoms with E-state index in [1.165, 1.54) is 11.8 Å². The number of nitrogens with zero attached hydrogens (tertiary/aromatic N) is 3. The summed E-state index contributed by atoms with van der Waals surface area (Å²) in [6, 6.07) is -1.41. The molecule has 1 fully saturated rings. The van der Waals surface area contributed by atoms with Gasteiger partial charge in [0.05, 0.1) is 0 Å². The number of rotatable bonds is 8. The van der Waals surface area contributed by atoms with Crippen LogP contribution in [-0.2, 0) is 0 Å². The lowest BCUT2D eigenvalue weighted by atomic mass is 10.0. The topological polar surface area (TPSA) is 51.1 Å². The van der Waals surface area contributed by atoms with Crippen LogP contribution in [0.15, 0.2) is 4.99 Å². The van der Waals surface area contributed by atoms with Crippen molar-refractivity contribution in [2.24, 2.45) is 10.9 Å². The van der Waals surface area contributed by atoms with Gasteiger partial charge in [-0.2, -0.15) is 13.2 Å². The smallest absolute Gasteiger partial charge is 0.396 e. The molecule has 1 heterocycles. The van der Waals surface area contributed by atoms with E-state index >= 15 is 0 Å². The third kappa shape index (κ3) is 7.40. The van der Waals surface area contributed by atoms with Crippen molar-refractivity contribution >= 4 is 5.96 Å². The van der Waals surface area contributed by atoms with E-state index in [9.17, 15) is 13.2 Å². The predicted octanol–water partition coefficient (Wildman–Crippen LogP) is 2.32. The summed E-state index contributed by atoms with van der Waals surface area (Å²) in [5, 5.41) is 12.4. The molecule has 1 rings (SSSR count). The Hall–Kier alpha value is -1.02. The van der Waals surface area contributed by atoms with E-state index in [1.807, 2.05) is 11.8 Å². The molecule has 2 unspecified atom stereocenters. The number of nitrogens with one attached hydrogen (secondary N) is 1. The molecule has 5 nitrogen and oxygen atoms in total. The van der Waals surface area contributed by atoms with E-state index < -0.39 is 12.2 Å². The van der Waals surface area contributed by atoms with Crippen molar-refractivity contribution in [1.82, 2.24) is 15.1 Å². The van der Waals surface area contributed by atoms with Crippen molar-refractivity contribution in [3.63, 3.8) is 0 Å². The first-order valence-electron chi connectivity index (χ1n) is 9.28. The number of aliphatic hydroxyl groups excluding tert-OH is 1. The highest BCUT2D eigenvalue weighted by Gasteiger charge is 2.41. The molecule has 0 amide bonds. The van der Waals surface area contributed by atoms with Crippen molar-refractivity contribution in [1.29, 1.82) is 0 Å². The standard InChI is InChI=1S/C17H33F3N4O/c1-4-6-15(7-12-25)13-22-16(21-5-2)24-10-8-23(9-11-24)14(3)17(18,19)20/h14-15,25H,4-13H2,1-3H3,(H,21,22). The lowest BCUT2D eigenvalue weighted by Gasteiger charge is -2.39. The van der Waals surface area contributed by atoms with Gasteiger partial charge in [-0.15, -0.1) is 0 Å². The molecule has 0 saturated carbocycles. The second-order valence-corrected chi connectivity index (χ2v) is 6.60. The van der Waals surface area contributed by atoms with Crippen LogP contribution in [0, 0.1) is 5.92 Å². The maximum Gasteiger partial charge on any atom is 0.403 e. The van der Waals surface area contributed by atoms with Gasteiger partial charge in [-0.3, -0.25) is 9.89 Å². The number of aliphatic imine (C=N–C) groups is 1. The fourth-order valence-electron chi connectivity index (χ4n) is 3.09. The van der Waals surface area contributed by atoms with Crippen LogP contribution in [0.5, 0.6) is 0 Å². The quantitative estimate of drug-likeness (QED) is 0.511. The normalized spacial score (nSPS) is 19.8. The average molecular weight is 366 g/mol. The summed E-state index contributed by atoms with van der Waals surface area (Å²) < 4.78 is 38.6. The van der Waals surface area contributed by atoms with Crippen LogP contribution in [0.3, 0.4) is 0 Å². The molecular weight excluding hydrogens is 333 g/mol.